The minimum atomic E-state index is -0.540. The van der Waals surface area contributed by atoms with Crippen LogP contribution in [0.3, 0.4) is 0 Å². The van der Waals surface area contributed by atoms with Gasteiger partial charge in [-0.2, -0.15) is 0 Å². The summed E-state index contributed by atoms with van der Waals surface area (Å²) in [6.07, 6.45) is 0.0320. The van der Waals surface area contributed by atoms with E-state index in [9.17, 15) is 20.0 Å². The van der Waals surface area contributed by atoms with Gasteiger partial charge < -0.3 is 10.0 Å². The molecule has 0 bridgehead atoms. The van der Waals surface area contributed by atoms with Gasteiger partial charge in [-0.3, -0.25) is 14.9 Å². The standard InChI is InChI=1S/C11H11BrN2O4/c12-10-2-1-7(14(17)18)5-9(10)11(16)13-4-3-8(15)6-13/h1-2,5,8,15H,3-4,6H2/t8-/m0/s1. The smallest absolute Gasteiger partial charge is 0.270 e. The Kier molecular flexibility index (Phi) is 3.63. The fourth-order valence-electron chi connectivity index (χ4n) is 1.89. The van der Waals surface area contributed by atoms with Crippen LogP contribution in [0.1, 0.15) is 16.8 Å². The van der Waals surface area contributed by atoms with E-state index in [4.69, 9.17) is 0 Å². The molecule has 1 aliphatic rings. The predicted octanol–water partition coefficient (Wildman–Crippen LogP) is 1.56. The molecule has 0 unspecified atom stereocenters. The Morgan fingerprint density at radius 2 is 2.28 bits per heavy atom. The molecule has 1 aromatic carbocycles. The number of nitrogens with zero attached hydrogens (tertiary/aromatic N) is 2. The van der Waals surface area contributed by atoms with Crippen molar-refractivity contribution >= 4 is 27.5 Å². The molecule has 1 N–H and O–H groups in total. The number of aliphatic hydroxyl groups is 1. The molecule has 1 fully saturated rings. The van der Waals surface area contributed by atoms with E-state index in [2.05, 4.69) is 15.9 Å². The Hall–Kier alpha value is -1.47. The normalized spacial score (nSPS) is 19.0. The average molecular weight is 315 g/mol. The molecule has 1 heterocycles. The van der Waals surface area contributed by atoms with Gasteiger partial charge >= 0.3 is 0 Å². The highest BCUT2D eigenvalue weighted by Crippen LogP contribution is 2.25. The molecule has 1 amide bonds. The zero-order chi connectivity index (χ0) is 13.3. The number of hydrogen-bond acceptors (Lipinski definition) is 4. The van der Waals surface area contributed by atoms with Gasteiger partial charge in [0.1, 0.15) is 0 Å². The van der Waals surface area contributed by atoms with E-state index >= 15 is 0 Å². The van der Waals surface area contributed by atoms with Crippen molar-refractivity contribution in [1.82, 2.24) is 4.90 Å². The minimum absolute atomic E-state index is 0.124. The summed E-state index contributed by atoms with van der Waals surface area (Å²) in [4.78, 5) is 23.8. The zero-order valence-electron chi connectivity index (χ0n) is 9.38. The molecule has 0 spiro atoms. The van der Waals surface area contributed by atoms with Crippen LogP contribution in [0.2, 0.25) is 0 Å². The van der Waals surface area contributed by atoms with Gasteiger partial charge in [0.25, 0.3) is 11.6 Å². The molecule has 0 aromatic heterocycles. The van der Waals surface area contributed by atoms with E-state index in [0.29, 0.717) is 17.4 Å². The molecule has 18 heavy (non-hydrogen) atoms. The van der Waals surface area contributed by atoms with Crippen LogP contribution in [-0.4, -0.2) is 40.0 Å². The maximum atomic E-state index is 12.2. The van der Waals surface area contributed by atoms with Gasteiger partial charge in [0.2, 0.25) is 0 Å². The Bertz CT molecular complexity index is 506. The predicted molar refractivity (Wildman–Crippen MR) is 67.3 cm³/mol. The molecule has 6 nitrogen and oxygen atoms in total. The third-order valence-corrected chi connectivity index (χ3v) is 3.53. The third-order valence-electron chi connectivity index (χ3n) is 2.84. The molecule has 1 aliphatic heterocycles. The number of nitro groups is 1. The van der Waals surface area contributed by atoms with Crippen molar-refractivity contribution in [1.29, 1.82) is 0 Å². The number of nitro benzene ring substituents is 1. The van der Waals surface area contributed by atoms with Gasteiger partial charge in [0, 0.05) is 29.7 Å². The van der Waals surface area contributed by atoms with Gasteiger partial charge in [-0.05, 0) is 28.4 Å². The quantitative estimate of drug-likeness (QED) is 0.663. The molecule has 7 heteroatoms. The molecular weight excluding hydrogens is 304 g/mol. The van der Waals surface area contributed by atoms with E-state index in [1.54, 1.807) is 0 Å². The number of carbonyl (C=O) groups is 1. The number of amides is 1. The van der Waals surface area contributed by atoms with Gasteiger partial charge in [-0.15, -0.1) is 0 Å². The van der Waals surface area contributed by atoms with E-state index in [0.717, 1.165) is 0 Å². The van der Waals surface area contributed by atoms with Crippen LogP contribution in [0.25, 0.3) is 0 Å². The third kappa shape index (κ3) is 2.51. The molecule has 0 radical (unpaired) electrons. The van der Waals surface area contributed by atoms with Crippen LogP contribution < -0.4 is 0 Å². The fraction of sp³-hybridized carbons (Fsp3) is 0.364. The Morgan fingerprint density at radius 1 is 1.56 bits per heavy atom. The topological polar surface area (TPSA) is 83.7 Å². The van der Waals surface area contributed by atoms with Crippen LogP contribution >= 0.6 is 15.9 Å². The van der Waals surface area contributed by atoms with Crippen molar-refractivity contribution in [3.63, 3.8) is 0 Å². The maximum absolute atomic E-state index is 12.2. The van der Waals surface area contributed by atoms with Crippen LogP contribution in [0.4, 0.5) is 5.69 Å². The van der Waals surface area contributed by atoms with Crippen molar-refractivity contribution in [3.8, 4) is 0 Å². The number of rotatable bonds is 2. The summed E-state index contributed by atoms with van der Waals surface area (Å²) in [5.74, 6) is -0.304. The highest BCUT2D eigenvalue weighted by atomic mass is 79.9. The lowest BCUT2D eigenvalue weighted by Gasteiger charge is -2.16. The first-order valence-corrected chi connectivity index (χ1v) is 6.19. The first kappa shape index (κ1) is 13.0. The van der Waals surface area contributed by atoms with Crippen molar-refractivity contribution < 1.29 is 14.8 Å². The van der Waals surface area contributed by atoms with E-state index in [-0.39, 0.29) is 23.7 Å². The Balaban J connectivity index is 2.29. The summed E-state index contributed by atoms with van der Waals surface area (Å²) in [5.41, 5.74) is 0.125. The van der Waals surface area contributed by atoms with Crippen molar-refractivity contribution in [2.45, 2.75) is 12.5 Å². The monoisotopic (exact) mass is 314 g/mol. The summed E-state index contributed by atoms with van der Waals surface area (Å²) in [6, 6.07) is 4.06. The first-order chi connectivity index (χ1) is 8.49. The van der Waals surface area contributed by atoms with Crippen molar-refractivity contribution in [2.75, 3.05) is 13.1 Å². The summed E-state index contributed by atoms with van der Waals surface area (Å²) in [5, 5.41) is 20.1. The molecule has 96 valence electrons. The van der Waals surface area contributed by atoms with Crippen LogP contribution in [-0.2, 0) is 0 Å². The largest absolute Gasteiger partial charge is 0.391 e. The lowest BCUT2D eigenvalue weighted by molar-refractivity contribution is -0.384. The molecule has 2 rings (SSSR count). The molecule has 1 saturated heterocycles. The number of aliphatic hydroxyl groups excluding tert-OH is 1. The second kappa shape index (κ2) is 5.03. The number of benzene rings is 1. The van der Waals surface area contributed by atoms with Gasteiger partial charge in [0.15, 0.2) is 0 Å². The first-order valence-electron chi connectivity index (χ1n) is 5.40. The summed E-state index contributed by atoms with van der Waals surface area (Å²) >= 11 is 3.21. The second-order valence-corrected chi connectivity index (χ2v) is 4.97. The number of β-amino-alcohol motifs (C(OH)–C–C–N with tert-alkyl or cyclic N) is 1. The van der Waals surface area contributed by atoms with E-state index < -0.39 is 11.0 Å². The molecule has 1 atom stereocenters. The SMILES string of the molecule is O=C(c1cc([N+](=O)[O-])ccc1Br)N1CC[C@H](O)C1. The number of hydrogen-bond donors (Lipinski definition) is 1. The van der Waals surface area contributed by atoms with Crippen LogP contribution in [0.15, 0.2) is 22.7 Å². The fourth-order valence-corrected chi connectivity index (χ4v) is 2.30. The molecule has 0 saturated carbocycles. The number of carbonyl (C=O) groups excluding carboxylic acids is 1. The summed E-state index contributed by atoms with van der Waals surface area (Å²) in [7, 11) is 0. The van der Waals surface area contributed by atoms with Crippen LogP contribution in [0, 0.1) is 10.1 Å². The average Bonchev–Trinajstić information content (AvgIpc) is 2.75. The molecule has 1 aromatic rings. The molecular formula is C11H11BrN2O4. The lowest BCUT2D eigenvalue weighted by atomic mass is 10.2. The Morgan fingerprint density at radius 3 is 2.83 bits per heavy atom. The second-order valence-electron chi connectivity index (χ2n) is 4.11. The lowest BCUT2D eigenvalue weighted by Crippen LogP contribution is -2.29. The maximum Gasteiger partial charge on any atom is 0.270 e. The van der Waals surface area contributed by atoms with Gasteiger partial charge in [-0.1, -0.05) is 0 Å². The van der Waals surface area contributed by atoms with Crippen LogP contribution in [0.5, 0.6) is 0 Å². The van der Waals surface area contributed by atoms with Crippen molar-refractivity contribution in [2.24, 2.45) is 0 Å². The van der Waals surface area contributed by atoms with Gasteiger partial charge in [-0.25, -0.2) is 0 Å². The molecule has 0 aliphatic carbocycles. The Labute approximate surface area is 111 Å². The highest BCUT2D eigenvalue weighted by molar-refractivity contribution is 9.10. The van der Waals surface area contributed by atoms with E-state index in [1.165, 1.54) is 23.1 Å². The zero-order valence-corrected chi connectivity index (χ0v) is 11.0. The van der Waals surface area contributed by atoms with Crippen molar-refractivity contribution in [3.05, 3.63) is 38.3 Å². The number of halogens is 1. The van der Waals surface area contributed by atoms with E-state index in [1.807, 2.05) is 0 Å². The summed E-state index contributed by atoms with van der Waals surface area (Å²) in [6.45, 7) is 0.739. The highest BCUT2D eigenvalue weighted by Gasteiger charge is 2.27. The summed E-state index contributed by atoms with van der Waals surface area (Å²) < 4.78 is 0.513. The number of non-ortho nitro benzene ring substituents is 1. The number of likely N-dealkylation sites (tertiary alicyclic amines) is 1. The minimum Gasteiger partial charge on any atom is -0.391 e. The van der Waals surface area contributed by atoms with Gasteiger partial charge in [0.05, 0.1) is 16.6 Å².